The topological polar surface area (TPSA) is 37.3 Å². The van der Waals surface area contributed by atoms with Gasteiger partial charge in [-0.05, 0) is 45.9 Å². The van der Waals surface area contributed by atoms with E-state index >= 15 is 0 Å². The summed E-state index contributed by atoms with van der Waals surface area (Å²) in [5, 5.41) is 10.5. The molecule has 0 amide bonds. The zero-order valence-corrected chi connectivity index (χ0v) is 8.78. The Hall–Kier alpha value is -0.610. The minimum absolute atomic E-state index is 0.348. The van der Waals surface area contributed by atoms with Crippen molar-refractivity contribution in [3.63, 3.8) is 0 Å². The van der Waals surface area contributed by atoms with E-state index in [1.807, 2.05) is 11.4 Å². The number of rotatable bonds is 2. The molecule has 0 aliphatic heterocycles. The molecule has 0 bridgehead atoms. The highest BCUT2D eigenvalue weighted by atomic mass is 79.9. The van der Waals surface area contributed by atoms with Gasteiger partial charge in [-0.3, -0.25) is 0 Å². The van der Waals surface area contributed by atoms with Crippen LogP contribution in [0.25, 0.3) is 6.08 Å². The molecule has 64 valence electrons. The third-order valence-corrected chi connectivity index (χ3v) is 2.83. The second-order valence-corrected chi connectivity index (χ2v) is 4.61. The summed E-state index contributed by atoms with van der Waals surface area (Å²) >= 11 is 4.84. The SMILES string of the molecule is C/C(=C\c1csc(Br)c1)C(=O)O. The van der Waals surface area contributed by atoms with Gasteiger partial charge < -0.3 is 5.11 Å². The van der Waals surface area contributed by atoms with Crippen molar-refractivity contribution in [3.05, 3.63) is 26.4 Å². The van der Waals surface area contributed by atoms with E-state index in [1.165, 1.54) is 11.3 Å². The van der Waals surface area contributed by atoms with Crippen molar-refractivity contribution in [1.29, 1.82) is 0 Å². The Morgan fingerprint density at radius 3 is 2.83 bits per heavy atom. The lowest BCUT2D eigenvalue weighted by atomic mass is 10.2. The van der Waals surface area contributed by atoms with E-state index in [-0.39, 0.29) is 0 Å². The quantitative estimate of drug-likeness (QED) is 0.815. The number of aliphatic carboxylic acids is 1. The molecular weight excluding hydrogens is 240 g/mol. The van der Waals surface area contributed by atoms with E-state index in [9.17, 15) is 4.79 Å². The van der Waals surface area contributed by atoms with E-state index in [0.29, 0.717) is 5.57 Å². The van der Waals surface area contributed by atoms with Gasteiger partial charge in [0.15, 0.2) is 0 Å². The molecule has 0 radical (unpaired) electrons. The lowest BCUT2D eigenvalue weighted by Gasteiger charge is -1.89. The van der Waals surface area contributed by atoms with Gasteiger partial charge in [-0.2, -0.15) is 0 Å². The molecule has 0 aliphatic rings. The summed E-state index contributed by atoms with van der Waals surface area (Å²) in [5.74, 6) is -0.877. The first-order chi connectivity index (χ1) is 5.59. The van der Waals surface area contributed by atoms with Gasteiger partial charge in [-0.25, -0.2) is 4.79 Å². The van der Waals surface area contributed by atoms with Crippen molar-refractivity contribution >= 4 is 39.3 Å². The molecule has 1 rings (SSSR count). The summed E-state index contributed by atoms with van der Waals surface area (Å²) in [4.78, 5) is 10.4. The molecule has 1 aromatic heterocycles. The molecule has 0 spiro atoms. The van der Waals surface area contributed by atoms with Gasteiger partial charge in [0.2, 0.25) is 0 Å². The Labute approximate surface area is 82.7 Å². The number of halogens is 1. The number of carboxylic acid groups (broad SMARTS) is 1. The number of thiophene rings is 1. The number of carbonyl (C=O) groups is 1. The van der Waals surface area contributed by atoms with Crippen molar-refractivity contribution in [2.45, 2.75) is 6.92 Å². The first-order valence-electron chi connectivity index (χ1n) is 3.25. The number of hydrogen-bond donors (Lipinski definition) is 1. The van der Waals surface area contributed by atoms with Crippen LogP contribution in [0.3, 0.4) is 0 Å². The highest BCUT2D eigenvalue weighted by Gasteiger charge is 2.00. The average molecular weight is 247 g/mol. The van der Waals surface area contributed by atoms with Gasteiger partial charge in [0.1, 0.15) is 0 Å². The van der Waals surface area contributed by atoms with Crippen LogP contribution < -0.4 is 0 Å². The molecule has 0 unspecified atom stereocenters. The Morgan fingerprint density at radius 1 is 1.75 bits per heavy atom. The number of carboxylic acids is 1. The van der Waals surface area contributed by atoms with Gasteiger partial charge in [0, 0.05) is 5.57 Å². The third kappa shape index (κ3) is 2.46. The van der Waals surface area contributed by atoms with Crippen LogP contribution >= 0.6 is 27.3 Å². The first kappa shape index (κ1) is 9.48. The van der Waals surface area contributed by atoms with Crippen LogP contribution in [0.15, 0.2) is 20.8 Å². The summed E-state index contributed by atoms with van der Waals surface area (Å²) in [5.41, 5.74) is 1.27. The van der Waals surface area contributed by atoms with E-state index in [4.69, 9.17) is 5.11 Å². The maximum absolute atomic E-state index is 10.4. The van der Waals surface area contributed by atoms with Crippen molar-refractivity contribution < 1.29 is 9.90 Å². The average Bonchev–Trinajstić information content (AvgIpc) is 2.35. The minimum Gasteiger partial charge on any atom is -0.478 e. The molecule has 1 aromatic rings. The largest absolute Gasteiger partial charge is 0.478 e. The van der Waals surface area contributed by atoms with Gasteiger partial charge in [-0.15, -0.1) is 11.3 Å². The van der Waals surface area contributed by atoms with Crippen LogP contribution in [0.1, 0.15) is 12.5 Å². The van der Waals surface area contributed by atoms with Crippen LogP contribution in [0.2, 0.25) is 0 Å². The zero-order chi connectivity index (χ0) is 9.14. The summed E-state index contributed by atoms with van der Waals surface area (Å²) in [6.45, 7) is 1.58. The van der Waals surface area contributed by atoms with Crippen LogP contribution in [-0.2, 0) is 4.79 Å². The maximum Gasteiger partial charge on any atom is 0.331 e. The molecule has 0 aromatic carbocycles. The van der Waals surface area contributed by atoms with Gasteiger partial charge >= 0.3 is 5.97 Å². The van der Waals surface area contributed by atoms with Crippen LogP contribution in [0, 0.1) is 0 Å². The van der Waals surface area contributed by atoms with Crippen LogP contribution in [0.4, 0.5) is 0 Å². The predicted molar refractivity (Wildman–Crippen MR) is 53.3 cm³/mol. The van der Waals surface area contributed by atoms with Crippen molar-refractivity contribution in [2.75, 3.05) is 0 Å². The smallest absolute Gasteiger partial charge is 0.331 e. The molecule has 0 aliphatic carbocycles. The molecule has 1 heterocycles. The molecule has 0 saturated heterocycles. The summed E-state index contributed by atoms with van der Waals surface area (Å²) < 4.78 is 1.01. The van der Waals surface area contributed by atoms with Gasteiger partial charge in [0.05, 0.1) is 3.79 Å². The molecule has 0 fully saturated rings. The Kier molecular flexibility index (Phi) is 3.05. The molecular formula is C8H7BrO2S. The third-order valence-electron chi connectivity index (χ3n) is 1.31. The van der Waals surface area contributed by atoms with E-state index in [2.05, 4.69) is 15.9 Å². The predicted octanol–water partition coefficient (Wildman–Crippen LogP) is 3.00. The van der Waals surface area contributed by atoms with Crippen molar-refractivity contribution in [3.8, 4) is 0 Å². The first-order valence-corrected chi connectivity index (χ1v) is 4.92. The normalized spacial score (nSPS) is 11.7. The standard InChI is InChI=1S/C8H7BrO2S/c1-5(8(10)11)2-6-3-7(9)12-4-6/h2-4H,1H3,(H,10,11)/b5-2+. The van der Waals surface area contributed by atoms with Crippen LogP contribution in [0.5, 0.6) is 0 Å². The second-order valence-electron chi connectivity index (χ2n) is 2.32. The van der Waals surface area contributed by atoms with Gasteiger partial charge in [0.25, 0.3) is 0 Å². The number of hydrogen-bond acceptors (Lipinski definition) is 2. The minimum atomic E-state index is -0.877. The van der Waals surface area contributed by atoms with Crippen LogP contribution in [-0.4, -0.2) is 11.1 Å². The highest BCUT2D eigenvalue weighted by Crippen LogP contribution is 2.22. The Balaban J connectivity index is 2.87. The monoisotopic (exact) mass is 246 g/mol. The molecule has 2 nitrogen and oxygen atoms in total. The summed E-state index contributed by atoms with van der Waals surface area (Å²) in [6, 6.07) is 1.89. The Bertz CT molecular complexity index is 328. The lowest BCUT2D eigenvalue weighted by molar-refractivity contribution is -0.132. The molecule has 1 N–H and O–H groups in total. The summed E-state index contributed by atoms with van der Waals surface area (Å²) in [7, 11) is 0. The van der Waals surface area contributed by atoms with E-state index in [1.54, 1.807) is 13.0 Å². The second kappa shape index (κ2) is 3.87. The maximum atomic E-state index is 10.4. The van der Waals surface area contributed by atoms with E-state index in [0.717, 1.165) is 9.35 Å². The Morgan fingerprint density at radius 2 is 2.42 bits per heavy atom. The zero-order valence-electron chi connectivity index (χ0n) is 6.37. The fourth-order valence-corrected chi connectivity index (χ4v) is 1.84. The fourth-order valence-electron chi connectivity index (χ4n) is 0.711. The van der Waals surface area contributed by atoms with Crippen molar-refractivity contribution in [1.82, 2.24) is 0 Å². The van der Waals surface area contributed by atoms with E-state index < -0.39 is 5.97 Å². The molecule has 4 heteroatoms. The summed E-state index contributed by atoms with van der Waals surface area (Å²) in [6.07, 6.45) is 1.64. The molecule has 0 atom stereocenters. The lowest BCUT2D eigenvalue weighted by Crippen LogP contribution is -1.94. The highest BCUT2D eigenvalue weighted by molar-refractivity contribution is 9.11. The fraction of sp³-hybridized carbons (Fsp3) is 0.125. The molecule has 0 saturated carbocycles. The van der Waals surface area contributed by atoms with Gasteiger partial charge in [-0.1, -0.05) is 0 Å². The van der Waals surface area contributed by atoms with Crippen molar-refractivity contribution in [2.24, 2.45) is 0 Å². The molecule has 12 heavy (non-hydrogen) atoms.